The first-order valence-corrected chi connectivity index (χ1v) is 10.3. The topological polar surface area (TPSA) is 116 Å². The monoisotopic (exact) mass is 405 g/mol. The number of nitrogens with one attached hydrogen (secondary N) is 2. The molecular weight excluding hydrogens is 382 g/mol. The van der Waals surface area contributed by atoms with Crippen molar-refractivity contribution >= 4 is 22.4 Å². The Hall–Kier alpha value is -3.15. The number of anilines is 2. The van der Waals surface area contributed by atoms with Crippen molar-refractivity contribution in [2.24, 2.45) is 5.92 Å². The number of hydrogen-bond donors (Lipinski definition) is 3. The van der Waals surface area contributed by atoms with Crippen molar-refractivity contribution in [2.45, 2.75) is 37.3 Å². The summed E-state index contributed by atoms with van der Waals surface area (Å²) in [7, 11) is 0. The van der Waals surface area contributed by atoms with Crippen LogP contribution in [0, 0.1) is 17.2 Å². The van der Waals surface area contributed by atoms with E-state index in [4.69, 9.17) is 9.84 Å². The summed E-state index contributed by atoms with van der Waals surface area (Å²) < 4.78 is 6.97. The molecule has 2 fully saturated rings. The van der Waals surface area contributed by atoms with Gasteiger partial charge in [-0.3, -0.25) is 9.48 Å². The quantitative estimate of drug-likeness (QED) is 0.615. The zero-order chi connectivity index (χ0) is 20.7. The highest BCUT2D eigenvalue weighted by atomic mass is 16.5. The number of rotatable bonds is 4. The molecule has 3 aromatic rings. The molecule has 2 aromatic heterocycles. The van der Waals surface area contributed by atoms with E-state index in [1.807, 2.05) is 35.0 Å². The molecule has 0 amide bonds. The van der Waals surface area contributed by atoms with Gasteiger partial charge in [0.15, 0.2) is 5.82 Å². The zero-order valence-electron chi connectivity index (χ0n) is 16.5. The Morgan fingerprint density at radius 1 is 1.23 bits per heavy atom. The van der Waals surface area contributed by atoms with Crippen LogP contribution in [-0.4, -0.2) is 33.1 Å². The predicted octanol–water partition coefficient (Wildman–Crippen LogP) is 2.94. The first-order chi connectivity index (χ1) is 14.6. The van der Waals surface area contributed by atoms with Crippen LogP contribution in [-0.2, 0) is 10.3 Å². The summed E-state index contributed by atoms with van der Waals surface area (Å²) in [6.45, 7) is 0.595. The minimum Gasteiger partial charge on any atom is -0.380 e. The van der Waals surface area contributed by atoms with E-state index in [1.165, 1.54) is 0 Å². The highest BCUT2D eigenvalue weighted by Gasteiger charge is 2.37. The third-order valence-electron chi connectivity index (χ3n) is 6.21. The van der Waals surface area contributed by atoms with Gasteiger partial charge in [-0.1, -0.05) is 25.0 Å². The second-order valence-electron chi connectivity index (χ2n) is 8.17. The third kappa shape index (κ3) is 3.07. The molecule has 0 spiro atoms. The van der Waals surface area contributed by atoms with E-state index >= 15 is 0 Å². The van der Waals surface area contributed by atoms with Crippen molar-refractivity contribution in [1.82, 2.24) is 14.8 Å². The molecule has 154 valence electrons. The van der Waals surface area contributed by atoms with Crippen LogP contribution < -0.4 is 10.9 Å². The lowest BCUT2D eigenvalue weighted by Crippen LogP contribution is -2.46. The highest BCUT2D eigenvalue weighted by Crippen LogP contribution is 2.37. The number of hydrogen-bond acceptors (Lipinski definition) is 6. The van der Waals surface area contributed by atoms with Gasteiger partial charge in [-0.25, -0.2) is 0 Å². The van der Waals surface area contributed by atoms with Crippen molar-refractivity contribution in [3.05, 3.63) is 52.4 Å². The first kappa shape index (κ1) is 18.9. The fraction of sp³-hybridized carbons (Fsp3) is 0.409. The minimum atomic E-state index is -0.919. The summed E-state index contributed by atoms with van der Waals surface area (Å²) >= 11 is 0. The van der Waals surface area contributed by atoms with Gasteiger partial charge in [0, 0.05) is 11.9 Å². The van der Waals surface area contributed by atoms with E-state index < -0.39 is 5.60 Å². The van der Waals surface area contributed by atoms with Crippen LogP contribution in [0.4, 0.5) is 11.5 Å². The number of aliphatic hydroxyl groups is 1. The molecule has 5 rings (SSSR count). The maximum absolute atomic E-state index is 12.6. The minimum absolute atomic E-state index is 0.0427. The maximum Gasteiger partial charge on any atom is 0.261 e. The molecule has 8 heteroatoms. The van der Waals surface area contributed by atoms with E-state index in [0.29, 0.717) is 24.4 Å². The largest absolute Gasteiger partial charge is 0.380 e. The lowest BCUT2D eigenvalue weighted by atomic mass is 9.85. The van der Waals surface area contributed by atoms with Gasteiger partial charge in [0.1, 0.15) is 11.0 Å². The van der Waals surface area contributed by atoms with Gasteiger partial charge < -0.3 is 20.1 Å². The molecule has 1 saturated heterocycles. The van der Waals surface area contributed by atoms with Crippen molar-refractivity contribution in [1.29, 1.82) is 5.26 Å². The number of nitriles is 1. The van der Waals surface area contributed by atoms with Crippen LogP contribution in [0.5, 0.6) is 0 Å². The van der Waals surface area contributed by atoms with Crippen LogP contribution in [0.25, 0.3) is 10.9 Å². The molecule has 3 heterocycles. The van der Waals surface area contributed by atoms with Crippen molar-refractivity contribution in [3.63, 3.8) is 0 Å². The number of aromatic amines is 1. The number of nitrogens with zero attached hydrogens (tertiary/aromatic N) is 3. The summed E-state index contributed by atoms with van der Waals surface area (Å²) in [5.41, 5.74) is 1.15. The fourth-order valence-corrected chi connectivity index (χ4v) is 4.46. The van der Waals surface area contributed by atoms with E-state index in [2.05, 4.69) is 16.4 Å². The zero-order valence-corrected chi connectivity index (χ0v) is 16.5. The van der Waals surface area contributed by atoms with Gasteiger partial charge in [-0.2, -0.15) is 10.4 Å². The molecular formula is C22H23N5O3. The van der Waals surface area contributed by atoms with Crippen LogP contribution in [0.2, 0.25) is 0 Å². The number of ether oxygens (including phenoxy) is 1. The molecule has 1 aliphatic heterocycles. The summed E-state index contributed by atoms with van der Waals surface area (Å²) in [4.78, 5) is 15.3. The van der Waals surface area contributed by atoms with Gasteiger partial charge >= 0.3 is 0 Å². The Bertz CT molecular complexity index is 1170. The second kappa shape index (κ2) is 7.27. The maximum atomic E-state index is 12.6. The first-order valence-electron chi connectivity index (χ1n) is 10.3. The van der Waals surface area contributed by atoms with Crippen molar-refractivity contribution < 1.29 is 9.84 Å². The van der Waals surface area contributed by atoms with Gasteiger partial charge in [0.25, 0.3) is 5.56 Å². The van der Waals surface area contributed by atoms with Crippen LogP contribution in [0.15, 0.2) is 41.3 Å². The van der Waals surface area contributed by atoms with E-state index in [-0.39, 0.29) is 17.5 Å². The molecule has 30 heavy (non-hydrogen) atoms. The summed E-state index contributed by atoms with van der Waals surface area (Å²) in [6, 6.07) is 11.6. The average Bonchev–Trinajstić information content (AvgIpc) is 3.12. The van der Waals surface area contributed by atoms with E-state index in [9.17, 15) is 15.2 Å². The Balaban J connectivity index is 1.52. The Kier molecular flexibility index (Phi) is 4.57. The summed E-state index contributed by atoms with van der Waals surface area (Å²) in [6.07, 6.45) is 5.43. The SMILES string of the molecule is N#C[C@H]1CCCC[C@@H]1n1nc(Nc2ccc(C3(O)COC3)cc2)c2c(=O)[nH]ccc21. The highest BCUT2D eigenvalue weighted by molar-refractivity contribution is 5.91. The fourth-order valence-electron chi connectivity index (χ4n) is 4.46. The van der Waals surface area contributed by atoms with Crippen molar-refractivity contribution in [2.75, 3.05) is 18.5 Å². The molecule has 2 atom stereocenters. The number of fused-ring (bicyclic) bond motifs is 1. The van der Waals surface area contributed by atoms with Crippen LogP contribution in [0.1, 0.15) is 37.3 Å². The second-order valence-corrected chi connectivity index (χ2v) is 8.17. The van der Waals surface area contributed by atoms with Gasteiger partial charge in [-0.05, 0) is 36.6 Å². The number of pyridine rings is 1. The van der Waals surface area contributed by atoms with E-state index in [1.54, 1.807) is 6.20 Å². The average molecular weight is 405 g/mol. The van der Waals surface area contributed by atoms with Gasteiger partial charge in [-0.15, -0.1) is 0 Å². The molecule has 8 nitrogen and oxygen atoms in total. The van der Waals surface area contributed by atoms with Crippen LogP contribution >= 0.6 is 0 Å². The van der Waals surface area contributed by atoms with E-state index in [0.717, 1.165) is 42.5 Å². The molecule has 2 aliphatic rings. The third-order valence-corrected chi connectivity index (χ3v) is 6.21. The molecule has 3 N–H and O–H groups in total. The number of H-pyrrole nitrogens is 1. The predicted molar refractivity (Wildman–Crippen MR) is 111 cm³/mol. The smallest absolute Gasteiger partial charge is 0.261 e. The summed E-state index contributed by atoms with van der Waals surface area (Å²) in [5, 5.41) is 28.5. The number of benzene rings is 1. The Morgan fingerprint density at radius 3 is 2.70 bits per heavy atom. The normalized spacial score (nSPS) is 22.9. The Labute approximate surface area is 173 Å². The molecule has 0 unspecified atom stereocenters. The Morgan fingerprint density at radius 2 is 2.00 bits per heavy atom. The van der Waals surface area contributed by atoms with Crippen LogP contribution in [0.3, 0.4) is 0 Å². The lowest BCUT2D eigenvalue weighted by molar-refractivity contribution is -0.184. The summed E-state index contributed by atoms with van der Waals surface area (Å²) in [5.74, 6) is 0.353. The molecule has 0 radical (unpaired) electrons. The number of aromatic nitrogens is 3. The standard InChI is InChI=1S/C22H23N5O3/c23-11-14-3-1-2-4-17(14)27-18-9-10-24-21(28)19(18)20(26-27)25-16-7-5-15(6-8-16)22(29)12-30-13-22/h5-10,14,17,29H,1-4,12-13H2,(H,24,28)(H,25,26)/t14-,17+/m1/s1. The molecule has 1 saturated carbocycles. The molecule has 0 bridgehead atoms. The molecule has 1 aromatic carbocycles. The van der Waals surface area contributed by atoms with Gasteiger partial charge in [0.05, 0.1) is 36.8 Å². The molecule has 1 aliphatic carbocycles. The van der Waals surface area contributed by atoms with Crippen molar-refractivity contribution in [3.8, 4) is 6.07 Å². The lowest BCUT2D eigenvalue weighted by Gasteiger charge is -2.36. The van der Waals surface area contributed by atoms with Gasteiger partial charge in [0.2, 0.25) is 0 Å².